The normalized spacial score (nSPS) is 12.8. The van der Waals surface area contributed by atoms with Crippen molar-refractivity contribution in [2.45, 2.75) is 6.61 Å². The van der Waals surface area contributed by atoms with E-state index in [1.165, 1.54) is 5.56 Å². The summed E-state index contributed by atoms with van der Waals surface area (Å²) in [7, 11) is 0. The van der Waals surface area contributed by atoms with E-state index in [0.717, 1.165) is 17.1 Å². The van der Waals surface area contributed by atoms with Gasteiger partial charge in [0.2, 0.25) is 0 Å². The molecular formula is C13H11NO. The van der Waals surface area contributed by atoms with Crippen LogP contribution in [0.15, 0.2) is 48.5 Å². The van der Waals surface area contributed by atoms with Gasteiger partial charge in [-0.2, -0.15) is 0 Å². The van der Waals surface area contributed by atoms with Crippen LogP contribution in [0.4, 0.5) is 11.4 Å². The first-order valence-electron chi connectivity index (χ1n) is 5.00. The van der Waals surface area contributed by atoms with E-state index >= 15 is 0 Å². The Hall–Kier alpha value is -1.96. The number of benzene rings is 2. The Kier molecular flexibility index (Phi) is 1.85. The molecule has 0 radical (unpaired) electrons. The summed E-state index contributed by atoms with van der Waals surface area (Å²) >= 11 is 0. The molecule has 0 fully saturated rings. The minimum absolute atomic E-state index is 0.625. The van der Waals surface area contributed by atoms with Crippen LogP contribution in [0.2, 0.25) is 0 Å². The Balaban J connectivity index is 2.10. The van der Waals surface area contributed by atoms with Gasteiger partial charge in [-0.05, 0) is 18.2 Å². The lowest BCUT2D eigenvalue weighted by Gasteiger charge is -2.06. The predicted octanol–water partition coefficient (Wildman–Crippen LogP) is 3.32. The molecule has 0 unspecified atom stereocenters. The molecule has 2 aromatic carbocycles. The molecule has 0 aliphatic carbocycles. The van der Waals surface area contributed by atoms with Crippen molar-refractivity contribution in [3.63, 3.8) is 0 Å². The van der Waals surface area contributed by atoms with Gasteiger partial charge >= 0.3 is 0 Å². The number of nitrogens with one attached hydrogen (secondary N) is 1. The van der Waals surface area contributed by atoms with Gasteiger partial charge in [-0.3, -0.25) is 0 Å². The van der Waals surface area contributed by atoms with Crippen molar-refractivity contribution >= 4 is 11.4 Å². The second-order valence-electron chi connectivity index (χ2n) is 3.57. The Morgan fingerprint density at radius 3 is 2.53 bits per heavy atom. The minimum Gasteiger partial charge on any atom is -0.487 e. The number of para-hydroxylation sites is 3. The SMILES string of the molecule is c1ccc2c(c1)COc1ccccc1N2. The number of ether oxygens (including phenoxy) is 1. The van der Waals surface area contributed by atoms with Crippen molar-refractivity contribution in [3.05, 3.63) is 54.1 Å². The van der Waals surface area contributed by atoms with Crippen LogP contribution in [0.25, 0.3) is 0 Å². The van der Waals surface area contributed by atoms with Gasteiger partial charge in [0.15, 0.2) is 0 Å². The number of rotatable bonds is 0. The van der Waals surface area contributed by atoms with E-state index < -0.39 is 0 Å². The van der Waals surface area contributed by atoms with Gasteiger partial charge in [0.1, 0.15) is 12.4 Å². The van der Waals surface area contributed by atoms with Gasteiger partial charge in [0, 0.05) is 11.3 Å². The van der Waals surface area contributed by atoms with E-state index in [9.17, 15) is 0 Å². The highest BCUT2D eigenvalue weighted by molar-refractivity contribution is 5.69. The molecule has 74 valence electrons. The summed E-state index contributed by atoms with van der Waals surface area (Å²) < 4.78 is 5.71. The van der Waals surface area contributed by atoms with Gasteiger partial charge in [-0.1, -0.05) is 30.3 Å². The molecule has 1 heterocycles. The zero-order valence-corrected chi connectivity index (χ0v) is 8.23. The Morgan fingerprint density at radius 1 is 0.867 bits per heavy atom. The van der Waals surface area contributed by atoms with Crippen LogP contribution in [-0.4, -0.2) is 0 Å². The molecule has 0 saturated heterocycles. The number of hydrogen-bond acceptors (Lipinski definition) is 2. The van der Waals surface area contributed by atoms with E-state index in [1.54, 1.807) is 0 Å². The molecule has 2 nitrogen and oxygen atoms in total. The Morgan fingerprint density at radius 2 is 1.60 bits per heavy atom. The monoisotopic (exact) mass is 197 g/mol. The smallest absolute Gasteiger partial charge is 0.143 e. The third kappa shape index (κ3) is 1.44. The van der Waals surface area contributed by atoms with E-state index in [1.807, 2.05) is 36.4 Å². The Labute approximate surface area is 88.5 Å². The standard InChI is InChI=1S/C13H11NO/c1-2-6-11-10(5-1)9-15-13-8-4-3-7-12(13)14-11/h1-8,14H,9H2. The average molecular weight is 197 g/mol. The van der Waals surface area contributed by atoms with Crippen LogP contribution in [0.3, 0.4) is 0 Å². The molecule has 0 bridgehead atoms. The van der Waals surface area contributed by atoms with Crippen LogP contribution in [0, 0.1) is 0 Å². The molecule has 0 amide bonds. The van der Waals surface area contributed by atoms with Crippen molar-refractivity contribution in [2.75, 3.05) is 5.32 Å². The van der Waals surface area contributed by atoms with Gasteiger partial charge in [-0.15, -0.1) is 0 Å². The zero-order valence-electron chi connectivity index (χ0n) is 8.23. The first-order valence-corrected chi connectivity index (χ1v) is 5.00. The summed E-state index contributed by atoms with van der Waals surface area (Å²) in [4.78, 5) is 0. The lowest BCUT2D eigenvalue weighted by atomic mass is 10.2. The maximum absolute atomic E-state index is 5.71. The van der Waals surface area contributed by atoms with E-state index in [4.69, 9.17) is 4.74 Å². The average Bonchev–Trinajstić information content (AvgIpc) is 2.48. The molecule has 3 rings (SSSR count). The summed E-state index contributed by atoms with van der Waals surface area (Å²) in [5, 5.41) is 3.38. The van der Waals surface area contributed by atoms with Crippen molar-refractivity contribution in [2.24, 2.45) is 0 Å². The minimum atomic E-state index is 0.625. The lowest BCUT2D eigenvalue weighted by molar-refractivity contribution is 0.311. The predicted molar refractivity (Wildman–Crippen MR) is 60.5 cm³/mol. The first-order chi connectivity index (χ1) is 7.43. The molecule has 2 aromatic rings. The Bertz CT molecular complexity index is 448. The van der Waals surface area contributed by atoms with Gasteiger partial charge in [-0.25, -0.2) is 0 Å². The number of fused-ring (bicyclic) bond motifs is 2. The molecule has 0 atom stereocenters. The highest BCUT2D eigenvalue weighted by Gasteiger charge is 2.11. The first kappa shape index (κ1) is 8.36. The second kappa shape index (κ2) is 3.31. The van der Waals surface area contributed by atoms with Crippen LogP contribution in [-0.2, 0) is 6.61 Å². The van der Waals surface area contributed by atoms with E-state index in [-0.39, 0.29) is 0 Å². The molecule has 1 N–H and O–H groups in total. The van der Waals surface area contributed by atoms with Crippen LogP contribution in [0.5, 0.6) is 5.75 Å². The summed E-state index contributed by atoms with van der Waals surface area (Å²) in [6.45, 7) is 0.625. The summed E-state index contributed by atoms with van der Waals surface area (Å²) in [6, 6.07) is 16.2. The van der Waals surface area contributed by atoms with Crippen molar-refractivity contribution in [1.82, 2.24) is 0 Å². The molecular weight excluding hydrogens is 186 g/mol. The lowest BCUT2D eigenvalue weighted by Crippen LogP contribution is -1.93. The van der Waals surface area contributed by atoms with Crippen LogP contribution < -0.4 is 10.1 Å². The molecule has 0 aromatic heterocycles. The molecule has 0 spiro atoms. The van der Waals surface area contributed by atoms with Gasteiger partial charge in [0.25, 0.3) is 0 Å². The summed E-state index contributed by atoms with van der Waals surface area (Å²) in [6.07, 6.45) is 0. The number of hydrogen-bond donors (Lipinski definition) is 1. The van der Waals surface area contributed by atoms with Crippen molar-refractivity contribution < 1.29 is 4.74 Å². The highest BCUT2D eigenvalue weighted by atomic mass is 16.5. The largest absolute Gasteiger partial charge is 0.487 e. The summed E-state index contributed by atoms with van der Waals surface area (Å²) in [5.41, 5.74) is 3.35. The topological polar surface area (TPSA) is 21.3 Å². The van der Waals surface area contributed by atoms with Crippen LogP contribution in [0.1, 0.15) is 5.56 Å². The fraction of sp³-hybridized carbons (Fsp3) is 0.0769. The fourth-order valence-corrected chi connectivity index (χ4v) is 1.76. The van der Waals surface area contributed by atoms with Crippen molar-refractivity contribution in [1.29, 1.82) is 0 Å². The molecule has 2 heteroatoms. The third-order valence-corrected chi connectivity index (χ3v) is 2.56. The summed E-state index contributed by atoms with van der Waals surface area (Å²) in [5.74, 6) is 0.911. The van der Waals surface area contributed by atoms with Crippen LogP contribution >= 0.6 is 0 Å². The second-order valence-corrected chi connectivity index (χ2v) is 3.57. The number of anilines is 2. The maximum atomic E-state index is 5.71. The molecule has 15 heavy (non-hydrogen) atoms. The molecule has 1 aliphatic rings. The zero-order chi connectivity index (χ0) is 10.1. The van der Waals surface area contributed by atoms with Crippen molar-refractivity contribution in [3.8, 4) is 5.75 Å². The van der Waals surface area contributed by atoms with E-state index in [2.05, 4.69) is 17.4 Å². The van der Waals surface area contributed by atoms with Gasteiger partial charge in [0.05, 0.1) is 5.69 Å². The molecule has 0 saturated carbocycles. The van der Waals surface area contributed by atoms with Gasteiger partial charge < -0.3 is 10.1 Å². The maximum Gasteiger partial charge on any atom is 0.143 e. The fourth-order valence-electron chi connectivity index (χ4n) is 1.76. The molecule has 1 aliphatic heterocycles. The quantitative estimate of drug-likeness (QED) is 0.699. The highest BCUT2D eigenvalue weighted by Crippen LogP contribution is 2.33. The van der Waals surface area contributed by atoms with E-state index in [0.29, 0.717) is 6.61 Å². The third-order valence-electron chi connectivity index (χ3n) is 2.56.